The summed E-state index contributed by atoms with van der Waals surface area (Å²) in [7, 11) is 1.89. The minimum Gasteiger partial charge on any atom is -0.466 e. The van der Waals surface area contributed by atoms with E-state index in [0.717, 1.165) is 53.6 Å². The van der Waals surface area contributed by atoms with E-state index in [-0.39, 0.29) is 11.4 Å². The van der Waals surface area contributed by atoms with Crippen molar-refractivity contribution >= 4 is 5.97 Å². The van der Waals surface area contributed by atoms with Gasteiger partial charge >= 0.3 is 5.97 Å². The summed E-state index contributed by atoms with van der Waals surface area (Å²) in [5.74, 6) is -0.110. The molecule has 0 radical (unpaired) electrons. The van der Waals surface area contributed by atoms with Crippen molar-refractivity contribution in [3.05, 3.63) is 102 Å². The Kier molecular flexibility index (Phi) is 7.75. The first-order chi connectivity index (χ1) is 18.5. The van der Waals surface area contributed by atoms with Gasteiger partial charge in [-0.2, -0.15) is 5.10 Å². The van der Waals surface area contributed by atoms with E-state index >= 15 is 0 Å². The van der Waals surface area contributed by atoms with Crippen molar-refractivity contribution in [2.24, 2.45) is 7.05 Å². The van der Waals surface area contributed by atoms with Crippen LogP contribution in [0.4, 0.5) is 0 Å². The number of aliphatic hydroxyl groups excluding tert-OH is 1. The quantitative estimate of drug-likeness (QED) is 0.226. The summed E-state index contributed by atoms with van der Waals surface area (Å²) in [5, 5.41) is 15.5. The first kappa shape index (κ1) is 25.9. The molecule has 1 aromatic heterocycles. The largest absolute Gasteiger partial charge is 0.466 e. The molecule has 0 spiro atoms. The van der Waals surface area contributed by atoms with E-state index in [4.69, 9.17) is 4.74 Å². The lowest BCUT2D eigenvalue weighted by atomic mass is 9.90. The number of rotatable bonds is 11. The van der Waals surface area contributed by atoms with Crippen molar-refractivity contribution in [1.29, 1.82) is 0 Å². The number of benzene rings is 3. The van der Waals surface area contributed by atoms with Gasteiger partial charge in [-0.25, -0.2) is 0 Å². The number of carbonyl (C=O) groups excluding carboxylic acids is 1. The van der Waals surface area contributed by atoms with Gasteiger partial charge in [-0.15, -0.1) is 0 Å². The molecule has 0 amide bonds. The molecule has 1 fully saturated rings. The second-order valence-electron chi connectivity index (χ2n) is 10.4. The second kappa shape index (κ2) is 11.4. The fourth-order valence-corrected chi connectivity index (χ4v) is 5.41. The molecule has 4 aromatic rings. The first-order valence-electron chi connectivity index (χ1n) is 13.6. The lowest BCUT2D eigenvalue weighted by Crippen LogP contribution is -2.15. The number of aryl methyl sites for hydroxylation is 2. The van der Waals surface area contributed by atoms with Crippen molar-refractivity contribution in [3.8, 4) is 22.3 Å². The normalized spacial score (nSPS) is 14.7. The fourth-order valence-electron chi connectivity index (χ4n) is 5.41. The number of esters is 1. The molecule has 1 aliphatic carbocycles. The molecule has 0 saturated heterocycles. The zero-order valence-corrected chi connectivity index (χ0v) is 22.3. The molecule has 5 rings (SSSR count). The smallest absolute Gasteiger partial charge is 0.306 e. The molecule has 1 heterocycles. The van der Waals surface area contributed by atoms with Crippen LogP contribution < -0.4 is 0 Å². The predicted octanol–water partition coefficient (Wildman–Crippen LogP) is 6.80. The topological polar surface area (TPSA) is 64.3 Å². The van der Waals surface area contributed by atoms with Crippen LogP contribution >= 0.6 is 0 Å². The van der Waals surface area contributed by atoms with Crippen LogP contribution in [0.2, 0.25) is 0 Å². The van der Waals surface area contributed by atoms with Gasteiger partial charge in [-0.1, -0.05) is 78.9 Å². The van der Waals surface area contributed by atoms with Crippen molar-refractivity contribution < 1.29 is 14.6 Å². The van der Waals surface area contributed by atoms with Crippen molar-refractivity contribution in [2.45, 2.75) is 57.0 Å². The Balaban J connectivity index is 1.26. The van der Waals surface area contributed by atoms with Gasteiger partial charge in [-0.3, -0.25) is 9.48 Å². The minimum absolute atomic E-state index is 0.0483. The highest BCUT2D eigenvalue weighted by molar-refractivity contribution is 5.74. The molecule has 1 unspecified atom stereocenters. The van der Waals surface area contributed by atoms with E-state index in [9.17, 15) is 9.90 Å². The Bertz CT molecular complexity index is 1350. The Morgan fingerprint density at radius 3 is 2.24 bits per heavy atom. The van der Waals surface area contributed by atoms with Gasteiger partial charge in [0.2, 0.25) is 0 Å². The standard InChI is InChI=1S/C33H36N2O3/c1-3-38-31(37)22-33(20-21-33)28-18-16-26(17-19-28)25-12-14-27(15-13-25)29-23-34-35(2)32(29)30(36)11-7-10-24-8-5-4-6-9-24/h4-6,8-9,12-19,23,30,36H,3,7,10-11,20-22H2,1-2H3. The number of ether oxygens (including phenoxy) is 1. The highest BCUT2D eigenvalue weighted by Gasteiger charge is 2.46. The van der Waals surface area contributed by atoms with E-state index in [1.54, 1.807) is 4.68 Å². The van der Waals surface area contributed by atoms with E-state index in [1.807, 2.05) is 26.2 Å². The number of carbonyl (C=O) groups is 1. The van der Waals surface area contributed by atoms with Crippen LogP contribution in [-0.4, -0.2) is 27.5 Å². The van der Waals surface area contributed by atoms with Gasteiger partial charge in [0.1, 0.15) is 0 Å². The summed E-state index contributed by atoms with van der Waals surface area (Å²) < 4.78 is 6.97. The summed E-state index contributed by atoms with van der Waals surface area (Å²) in [5.41, 5.74) is 7.59. The molecule has 0 aliphatic heterocycles. The van der Waals surface area contributed by atoms with E-state index in [1.165, 1.54) is 11.1 Å². The molecule has 196 valence electrons. The van der Waals surface area contributed by atoms with Crippen LogP contribution in [-0.2, 0) is 28.4 Å². The number of aliphatic hydroxyl groups is 1. The summed E-state index contributed by atoms with van der Waals surface area (Å²) >= 11 is 0. The zero-order valence-electron chi connectivity index (χ0n) is 22.3. The van der Waals surface area contributed by atoms with Gasteiger partial charge < -0.3 is 9.84 Å². The SMILES string of the molecule is CCOC(=O)CC1(c2ccc(-c3ccc(-c4cnn(C)c4C(O)CCCc4ccccc4)cc3)cc2)CC1. The van der Waals surface area contributed by atoms with Gasteiger partial charge in [0.15, 0.2) is 0 Å². The molecule has 1 aliphatic rings. The molecular weight excluding hydrogens is 472 g/mol. The zero-order chi connectivity index (χ0) is 26.5. The number of nitrogens with zero attached hydrogens (tertiary/aromatic N) is 2. The average Bonchev–Trinajstić information content (AvgIpc) is 3.61. The fraction of sp³-hybridized carbons (Fsp3) is 0.333. The minimum atomic E-state index is -0.571. The van der Waals surface area contributed by atoms with E-state index in [2.05, 4.69) is 77.9 Å². The van der Waals surface area contributed by atoms with Crippen LogP contribution in [0, 0.1) is 0 Å². The molecule has 3 aromatic carbocycles. The van der Waals surface area contributed by atoms with E-state index < -0.39 is 6.10 Å². The molecule has 5 nitrogen and oxygen atoms in total. The highest BCUT2D eigenvalue weighted by Crippen LogP contribution is 2.51. The Hall–Kier alpha value is -3.70. The number of hydrogen-bond donors (Lipinski definition) is 1. The molecular formula is C33H36N2O3. The van der Waals surface area contributed by atoms with E-state index in [0.29, 0.717) is 19.4 Å². The summed E-state index contributed by atoms with van der Waals surface area (Å²) in [6.45, 7) is 2.28. The maximum atomic E-state index is 12.0. The Morgan fingerprint density at radius 1 is 0.974 bits per heavy atom. The van der Waals surface area contributed by atoms with Crippen LogP contribution in [0.1, 0.15) is 62.0 Å². The van der Waals surface area contributed by atoms with Gasteiger partial charge in [0.25, 0.3) is 0 Å². The lowest BCUT2D eigenvalue weighted by molar-refractivity contribution is -0.143. The van der Waals surface area contributed by atoms with Gasteiger partial charge in [0, 0.05) is 18.0 Å². The monoisotopic (exact) mass is 508 g/mol. The van der Waals surface area contributed by atoms with Crippen LogP contribution in [0.3, 0.4) is 0 Å². The molecule has 38 heavy (non-hydrogen) atoms. The molecule has 1 atom stereocenters. The number of aromatic nitrogens is 2. The van der Waals surface area contributed by atoms with Gasteiger partial charge in [-0.05, 0) is 66.8 Å². The van der Waals surface area contributed by atoms with Crippen molar-refractivity contribution in [1.82, 2.24) is 9.78 Å². The lowest BCUT2D eigenvalue weighted by Gasteiger charge is -2.16. The first-order valence-corrected chi connectivity index (χ1v) is 13.6. The Labute approximate surface area is 225 Å². The average molecular weight is 509 g/mol. The van der Waals surface area contributed by atoms with Gasteiger partial charge in [0.05, 0.1) is 31.0 Å². The van der Waals surface area contributed by atoms with Crippen molar-refractivity contribution in [2.75, 3.05) is 6.61 Å². The predicted molar refractivity (Wildman–Crippen MR) is 151 cm³/mol. The van der Waals surface area contributed by atoms with Crippen molar-refractivity contribution in [3.63, 3.8) is 0 Å². The maximum Gasteiger partial charge on any atom is 0.306 e. The molecule has 5 heteroatoms. The molecule has 1 saturated carbocycles. The number of hydrogen-bond acceptors (Lipinski definition) is 4. The third-order valence-corrected chi connectivity index (χ3v) is 7.75. The summed E-state index contributed by atoms with van der Waals surface area (Å²) in [6.07, 6.45) is 6.34. The van der Waals surface area contributed by atoms with Crippen LogP contribution in [0.25, 0.3) is 22.3 Å². The highest BCUT2D eigenvalue weighted by atomic mass is 16.5. The van der Waals surface area contributed by atoms with Crippen LogP contribution in [0.5, 0.6) is 0 Å². The molecule has 1 N–H and O–H groups in total. The van der Waals surface area contributed by atoms with Crippen LogP contribution in [0.15, 0.2) is 85.1 Å². The third-order valence-electron chi connectivity index (χ3n) is 7.75. The third kappa shape index (κ3) is 5.73. The summed E-state index contributed by atoms with van der Waals surface area (Å²) in [6, 6.07) is 27.4. The Morgan fingerprint density at radius 2 is 1.61 bits per heavy atom. The summed E-state index contributed by atoms with van der Waals surface area (Å²) in [4.78, 5) is 12.0. The second-order valence-corrected chi connectivity index (χ2v) is 10.4. The maximum absolute atomic E-state index is 12.0. The molecule has 0 bridgehead atoms.